The van der Waals surface area contributed by atoms with E-state index in [-0.39, 0.29) is 11.7 Å². The normalized spacial score (nSPS) is 14.7. The number of nitrogens with zero attached hydrogens (tertiary/aromatic N) is 4. The van der Waals surface area contributed by atoms with Crippen LogP contribution in [0, 0.1) is 13.8 Å². The van der Waals surface area contributed by atoms with Gasteiger partial charge in [0.1, 0.15) is 0 Å². The Balaban J connectivity index is 1.46. The lowest BCUT2D eigenvalue weighted by Gasteiger charge is -2.25. The van der Waals surface area contributed by atoms with E-state index in [0.717, 1.165) is 41.6 Å². The van der Waals surface area contributed by atoms with Gasteiger partial charge in [-0.3, -0.25) is 4.79 Å². The third kappa shape index (κ3) is 5.60. The summed E-state index contributed by atoms with van der Waals surface area (Å²) >= 11 is 1.33. The van der Waals surface area contributed by atoms with Crippen LogP contribution in [0.25, 0.3) is 11.4 Å². The molecule has 2 heterocycles. The minimum atomic E-state index is -3.48. The van der Waals surface area contributed by atoms with E-state index >= 15 is 0 Å². The highest BCUT2D eigenvalue weighted by molar-refractivity contribution is 7.99. The average molecular weight is 514 g/mol. The molecule has 0 spiro atoms. The van der Waals surface area contributed by atoms with Crippen LogP contribution in [0.4, 0.5) is 5.69 Å². The van der Waals surface area contributed by atoms with Gasteiger partial charge in [0.15, 0.2) is 11.0 Å². The maximum absolute atomic E-state index is 12.9. The summed E-state index contributed by atoms with van der Waals surface area (Å²) in [6.07, 6.45) is 2.88. The molecule has 2 aromatic carbocycles. The first kappa shape index (κ1) is 25.4. The number of aromatic nitrogens is 3. The first-order chi connectivity index (χ1) is 16.8. The number of para-hydroxylation sites is 1. The van der Waals surface area contributed by atoms with Crippen molar-refractivity contribution in [1.82, 2.24) is 19.1 Å². The molecule has 1 fully saturated rings. The van der Waals surface area contributed by atoms with Crippen molar-refractivity contribution in [3.63, 3.8) is 0 Å². The number of carbonyl (C=O) groups excluding carboxylic acids is 1. The maximum Gasteiger partial charge on any atom is 0.243 e. The summed E-state index contributed by atoms with van der Waals surface area (Å²) < 4.78 is 29.4. The topological polar surface area (TPSA) is 97.2 Å². The second kappa shape index (κ2) is 10.9. The first-order valence-corrected chi connectivity index (χ1v) is 14.3. The van der Waals surface area contributed by atoms with Crippen molar-refractivity contribution in [1.29, 1.82) is 0 Å². The molecular weight excluding hydrogens is 482 g/mol. The number of piperidine rings is 1. The van der Waals surface area contributed by atoms with Crippen LogP contribution in [0.2, 0.25) is 0 Å². The predicted octanol–water partition coefficient (Wildman–Crippen LogP) is 4.49. The summed E-state index contributed by atoms with van der Waals surface area (Å²) in [5.74, 6) is 0.748. The van der Waals surface area contributed by atoms with Gasteiger partial charge in [0.25, 0.3) is 0 Å². The number of anilines is 1. The molecule has 1 N–H and O–H groups in total. The average Bonchev–Trinajstić information content (AvgIpc) is 3.28. The minimum Gasteiger partial charge on any atom is -0.325 e. The minimum absolute atomic E-state index is 0.105. The fraction of sp³-hybridized carbons (Fsp3) is 0.400. The molecule has 1 amide bonds. The number of carbonyl (C=O) groups is 1. The summed E-state index contributed by atoms with van der Waals surface area (Å²) in [5.41, 5.74) is 3.67. The largest absolute Gasteiger partial charge is 0.325 e. The second-order valence-corrected chi connectivity index (χ2v) is 11.5. The zero-order chi connectivity index (χ0) is 25.0. The van der Waals surface area contributed by atoms with Crippen LogP contribution in [0.5, 0.6) is 0 Å². The van der Waals surface area contributed by atoms with Crippen LogP contribution < -0.4 is 5.32 Å². The molecular formula is C25H31N5O3S2. The molecule has 0 unspecified atom stereocenters. The Bertz CT molecular complexity index is 1280. The number of amides is 1. The molecule has 4 rings (SSSR count). The monoisotopic (exact) mass is 513 g/mol. The highest BCUT2D eigenvalue weighted by Gasteiger charge is 2.26. The van der Waals surface area contributed by atoms with Crippen LogP contribution in [0.3, 0.4) is 0 Å². The van der Waals surface area contributed by atoms with Gasteiger partial charge in [-0.25, -0.2) is 8.42 Å². The van der Waals surface area contributed by atoms with E-state index in [2.05, 4.69) is 15.5 Å². The van der Waals surface area contributed by atoms with Gasteiger partial charge in [-0.2, -0.15) is 4.31 Å². The fourth-order valence-corrected chi connectivity index (χ4v) is 6.56. The van der Waals surface area contributed by atoms with Crippen LogP contribution in [0.1, 0.15) is 37.3 Å². The maximum atomic E-state index is 12.9. The smallest absolute Gasteiger partial charge is 0.243 e. The van der Waals surface area contributed by atoms with Crippen molar-refractivity contribution < 1.29 is 13.2 Å². The summed E-state index contributed by atoms with van der Waals surface area (Å²) in [6, 6.07) is 12.7. The zero-order valence-electron chi connectivity index (χ0n) is 20.3. The van der Waals surface area contributed by atoms with Gasteiger partial charge < -0.3 is 9.88 Å². The Morgan fingerprint density at radius 1 is 1.00 bits per heavy atom. The summed E-state index contributed by atoms with van der Waals surface area (Å²) in [6.45, 7) is 7.70. The Labute approximate surface area is 211 Å². The highest BCUT2D eigenvalue weighted by Crippen LogP contribution is 2.27. The summed E-state index contributed by atoms with van der Waals surface area (Å²) in [7, 11) is -3.48. The van der Waals surface area contributed by atoms with E-state index in [1.807, 2.05) is 43.5 Å². The van der Waals surface area contributed by atoms with Crippen LogP contribution in [-0.4, -0.2) is 52.2 Å². The Morgan fingerprint density at radius 2 is 1.66 bits per heavy atom. The lowest BCUT2D eigenvalue weighted by molar-refractivity contribution is -0.113. The van der Waals surface area contributed by atoms with E-state index in [9.17, 15) is 13.2 Å². The predicted molar refractivity (Wildman–Crippen MR) is 139 cm³/mol. The number of aryl methyl sites for hydroxylation is 2. The lowest BCUT2D eigenvalue weighted by Crippen LogP contribution is -2.35. The van der Waals surface area contributed by atoms with Gasteiger partial charge in [0.2, 0.25) is 15.9 Å². The SMILES string of the molecule is CCn1c(SCC(=O)Nc2c(C)cccc2C)nnc1-c1ccc(S(=O)(=O)N2CCCCC2)cc1. The second-order valence-electron chi connectivity index (χ2n) is 8.64. The number of hydrogen-bond donors (Lipinski definition) is 1. The third-order valence-corrected chi connectivity index (χ3v) is 9.06. The molecule has 0 bridgehead atoms. The molecule has 0 radical (unpaired) electrons. The molecule has 0 aliphatic carbocycles. The van der Waals surface area contributed by atoms with Crippen molar-refractivity contribution in [2.45, 2.75) is 56.6 Å². The molecule has 186 valence electrons. The number of sulfonamides is 1. The number of benzene rings is 2. The van der Waals surface area contributed by atoms with Crippen molar-refractivity contribution in [3.05, 3.63) is 53.6 Å². The van der Waals surface area contributed by atoms with Crippen molar-refractivity contribution in [3.8, 4) is 11.4 Å². The van der Waals surface area contributed by atoms with Gasteiger partial charge in [-0.15, -0.1) is 10.2 Å². The van der Waals surface area contributed by atoms with Gasteiger partial charge in [-0.1, -0.05) is 36.4 Å². The van der Waals surface area contributed by atoms with Crippen LogP contribution in [-0.2, 0) is 21.4 Å². The van der Waals surface area contributed by atoms with Gasteiger partial charge in [0.05, 0.1) is 10.6 Å². The molecule has 1 aliphatic heterocycles. The molecule has 10 heteroatoms. The standard InChI is InChI=1S/C25H31N5O3S2/c1-4-30-24(20-11-13-21(14-12-20)35(32,33)29-15-6-5-7-16-29)27-28-25(30)34-17-22(31)26-23-18(2)9-8-10-19(23)3/h8-14H,4-7,15-17H2,1-3H3,(H,26,31). The van der Waals surface area contributed by atoms with Crippen LogP contribution >= 0.6 is 11.8 Å². The number of thioether (sulfide) groups is 1. The van der Waals surface area contributed by atoms with Crippen LogP contribution in [0.15, 0.2) is 52.5 Å². The van der Waals surface area contributed by atoms with E-state index in [1.54, 1.807) is 28.6 Å². The highest BCUT2D eigenvalue weighted by atomic mass is 32.2. The van der Waals surface area contributed by atoms with E-state index in [1.165, 1.54) is 11.8 Å². The lowest BCUT2D eigenvalue weighted by atomic mass is 10.1. The molecule has 35 heavy (non-hydrogen) atoms. The molecule has 1 aliphatic rings. The Hall–Kier alpha value is -2.69. The number of nitrogens with one attached hydrogen (secondary N) is 1. The number of hydrogen-bond acceptors (Lipinski definition) is 6. The van der Waals surface area contributed by atoms with E-state index in [0.29, 0.717) is 35.5 Å². The van der Waals surface area contributed by atoms with Crippen molar-refractivity contribution in [2.75, 3.05) is 24.2 Å². The third-order valence-electron chi connectivity index (χ3n) is 6.18. The summed E-state index contributed by atoms with van der Waals surface area (Å²) in [4.78, 5) is 12.9. The molecule has 0 saturated carbocycles. The van der Waals surface area contributed by atoms with E-state index in [4.69, 9.17) is 0 Å². The quantitative estimate of drug-likeness (QED) is 0.446. The van der Waals surface area contributed by atoms with Gasteiger partial charge >= 0.3 is 0 Å². The number of rotatable bonds is 8. The Morgan fingerprint density at radius 3 is 2.29 bits per heavy atom. The van der Waals surface area contributed by atoms with Gasteiger partial charge in [-0.05, 0) is 69.0 Å². The van der Waals surface area contributed by atoms with Crippen molar-refractivity contribution >= 4 is 33.4 Å². The molecule has 3 aromatic rings. The molecule has 1 saturated heterocycles. The molecule has 0 atom stereocenters. The molecule has 8 nitrogen and oxygen atoms in total. The Kier molecular flexibility index (Phi) is 7.93. The fourth-order valence-electron chi connectivity index (χ4n) is 4.24. The molecule has 1 aromatic heterocycles. The first-order valence-electron chi connectivity index (χ1n) is 11.8. The van der Waals surface area contributed by atoms with E-state index < -0.39 is 10.0 Å². The van der Waals surface area contributed by atoms with Crippen molar-refractivity contribution in [2.24, 2.45) is 0 Å². The summed E-state index contributed by atoms with van der Waals surface area (Å²) in [5, 5.41) is 12.3. The van der Waals surface area contributed by atoms with Gasteiger partial charge in [0, 0.05) is 30.9 Å². The zero-order valence-corrected chi connectivity index (χ0v) is 22.0.